The van der Waals surface area contributed by atoms with E-state index in [1.807, 2.05) is 0 Å². The Morgan fingerprint density at radius 3 is 2.68 bits per heavy atom. The third-order valence-corrected chi connectivity index (χ3v) is 5.39. The molecule has 2 aliphatic rings. The number of nitrogens with one attached hydrogen (secondary N) is 1. The van der Waals surface area contributed by atoms with Gasteiger partial charge in [-0.25, -0.2) is 0 Å². The van der Waals surface area contributed by atoms with E-state index in [-0.39, 0.29) is 0 Å². The van der Waals surface area contributed by atoms with E-state index in [1.54, 1.807) is 0 Å². The molecule has 0 spiro atoms. The molecule has 1 aliphatic carbocycles. The second-order valence-corrected chi connectivity index (χ2v) is 7.67. The fraction of sp³-hybridized carbons (Fsp3) is 1.00. The Balaban J connectivity index is 2.00. The quantitative estimate of drug-likeness (QED) is 0.835. The first-order chi connectivity index (χ1) is 9.05. The third-order valence-electron chi connectivity index (χ3n) is 5.39. The zero-order chi connectivity index (χ0) is 13.9. The summed E-state index contributed by atoms with van der Waals surface area (Å²) in [5.74, 6) is 0.977. The number of rotatable bonds is 4. The zero-order valence-electron chi connectivity index (χ0n) is 13.5. The molecule has 1 heterocycles. The van der Waals surface area contributed by atoms with Crippen molar-refractivity contribution >= 4 is 0 Å². The smallest absolute Gasteiger partial charge is 0.0252 e. The molecule has 1 aliphatic heterocycles. The van der Waals surface area contributed by atoms with Gasteiger partial charge in [0.2, 0.25) is 0 Å². The Bertz CT molecular complexity index is 274. The largest absolute Gasteiger partial charge is 0.315 e. The molecule has 112 valence electrons. The van der Waals surface area contributed by atoms with E-state index >= 15 is 0 Å². The van der Waals surface area contributed by atoms with Gasteiger partial charge in [0.05, 0.1) is 0 Å². The molecule has 2 nitrogen and oxygen atoms in total. The van der Waals surface area contributed by atoms with Crippen LogP contribution in [0.2, 0.25) is 0 Å². The number of likely N-dealkylation sites (tertiary alicyclic amines) is 1. The Labute approximate surface area is 120 Å². The lowest BCUT2D eigenvalue weighted by Gasteiger charge is -2.48. The van der Waals surface area contributed by atoms with Crippen molar-refractivity contribution in [2.75, 3.05) is 20.1 Å². The molecule has 0 aromatic rings. The summed E-state index contributed by atoms with van der Waals surface area (Å²) in [5, 5.41) is 3.60. The monoisotopic (exact) mass is 266 g/mol. The minimum atomic E-state index is 0.522. The molecule has 0 aromatic carbocycles. The Hall–Kier alpha value is -0.0800. The number of hydrogen-bond acceptors (Lipinski definition) is 2. The van der Waals surface area contributed by atoms with Crippen molar-refractivity contribution in [3.63, 3.8) is 0 Å². The summed E-state index contributed by atoms with van der Waals surface area (Å²) < 4.78 is 0. The minimum absolute atomic E-state index is 0.522. The van der Waals surface area contributed by atoms with Gasteiger partial charge in [-0.3, -0.25) is 4.90 Å². The van der Waals surface area contributed by atoms with Gasteiger partial charge >= 0.3 is 0 Å². The average molecular weight is 266 g/mol. The van der Waals surface area contributed by atoms with Crippen LogP contribution in [0, 0.1) is 11.3 Å². The fourth-order valence-electron chi connectivity index (χ4n) is 4.39. The molecule has 2 rings (SSSR count). The summed E-state index contributed by atoms with van der Waals surface area (Å²) in [7, 11) is 2.16. The van der Waals surface area contributed by atoms with Crippen molar-refractivity contribution in [2.24, 2.45) is 11.3 Å². The Kier molecular flexibility index (Phi) is 5.30. The van der Waals surface area contributed by atoms with Gasteiger partial charge in [0.1, 0.15) is 0 Å². The highest BCUT2D eigenvalue weighted by atomic mass is 15.2. The van der Waals surface area contributed by atoms with Crippen molar-refractivity contribution in [1.82, 2.24) is 10.2 Å². The fourth-order valence-corrected chi connectivity index (χ4v) is 4.39. The van der Waals surface area contributed by atoms with Crippen LogP contribution in [-0.4, -0.2) is 37.1 Å². The van der Waals surface area contributed by atoms with E-state index < -0.39 is 0 Å². The molecule has 0 amide bonds. The summed E-state index contributed by atoms with van der Waals surface area (Å²) in [5.41, 5.74) is 0.522. The SMILES string of the molecule is CCCC1CCC(NC)C(N2CCCC(C)(C)C2)C1. The van der Waals surface area contributed by atoms with Gasteiger partial charge in [0, 0.05) is 18.6 Å². The van der Waals surface area contributed by atoms with E-state index in [2.05, 4.69) is 38.0 Å². The normalized spacial score (nSPS) is 36.3. The summed E-state index contributed by atoms with van der Waals surface area (Å²) in [6, 6.07) is 1.51. The molecule has 19 heavy (non-hydrogen) atoms. The molecule has 1 saturated heterocycles. The summed E-state index contributed by atoms with van der Waals surface area (Å²) >= 11 is 0. The van der Waals surface area contributed by atoms with Crippen LogP contribution >= 0.6 is 0 Å². The molecule has 2 fully saturated rings. The van der Waals surface area contributed by atoms with Crippen LogP contribution in [0.5, 0.6) is 0 Å². The van der Waals surface area contributed by atoms with Crippen LogP contribution < -0.4 is 5.32 Å². The van der Waals surface area contributed by atoms with Gasteiger partial charge in [0.25, 0.3) is 0 Å². The molecule has 0 bridgehead atoms. The minimum Gasteiger partial charge on any atom is -0.315 e. The van der Waals surface area contributed by atoms with Crippen LogP contribution in [0.1, 0.15) is 65.7 Å². The van der Waals surface area contributed by atoms with Crippen LogP contribution in [-0.2, 0) is 0 Å². The lowest BCUT2D eigenvalue weighted by molar-refractivity contribution is 0.0327. The van der Waals surface area contributed by atoms with Crippen molar-refractivity contribution < 1.29 is 0 Å². The van der Waals surface area contributed by atoms with Gasteiger partial charge in [-0.1, -0.05) is 33.6 Å². The van der Waals surface area contributed by atoms with Crippen LogP contribution in [0.25, 0.3) is 0 Å². The van der Waals surface area contributed by atoms with Gasteiger partial charge in [0.15, 0.2) is 0 Å². The standard InChI is InChI=1S/C17H34N2/c1-5-7-14-8-9-15(18-4)16(12-14)19-11-6-10-17(2,3)13-19/h14-16,18H,5-13H2,1-4H3. The number of piperidine rings is 1. The summed E-state index contributed by atoms with van der Waals surface area (Å²) in [6.07, 6.45) is 9.82. The average Bonchev–Trinajstić information content (AvgIpc) is 2.38. The highest BCUT2D eigenvalue weighted by Crippen LogP contribution is 2.36. The molecule has 3 atom stereocenters. The maximum Gasteiger partial charge on any atom is 0.0252 e. The lowest BCUT2D eigenvalue weighted by Crippen LogP contribution is -2.56. The van der Waals surface area contributed by atoms with Crippen LogP contribution in [0.3, 0.4) is 0 Å². The summed E-state index contributed by atoms with van der Waals surface area (Å²) in [4.78, 5) is 2.81. The van der Waals surface area contributed by atoms with Gasteiger partial charge in [-0.05, 0) is 57.0 Å². The van der Waals surface area contributed by atoms with Gasteiger partial charge in [-0.2, -0.15) is 0 Å². The number of hydrogen-bond donors (Lipinski definition) is 1. The predicted molar refractivity (Wildman–Crippen MR) is 83.5 cm³/mol. The Morgan fingerprint density at radius 1 is 1.26 bits per heavy atom. The maximum absolute atomic E-state index is 3.60. The topological polar surface area (TPSA) is 15.3 Å². The van der Waals surface area contributed by atoms with Crippen molar-refractivity contribution in [3.05, 3.63) is 0 Å². The number of likely N-dealkylation sites (N-methyl/N-ethyl adjacent to an activating group) is 1. The molecule has 0 aromatic heterocycles. The van der Waals surface area contributed by atoms with Gasteiger partial charge < -0.3 is 5.32 Å². The first-order valence-electron chi connectivity index (χ1n) is 8.47. The first kappa shape index (κ1) is 15.3. The van der Waals surface area contributed by atoms with Crippen LogP contribution in [0.4, 0.5) is 0 Å². The third kappa shape index (κ3) is 3.95. The molecule has 0 radical (unpaired) electrons. The van der Waals surface area contributed by atoms with Crippen LogP contribution in [0.15, 0.2) is 0 Å². The zero-order valence-corrected chi connectivity index (χ0v) is 13.5. The molecule has 2 heteroatoms. The second kappa shape index (κ2) is 6.58. The molecular formula is C17H34N2. The van der Waals surface area contributed by atoms with Crippen molar-refractivity contribution in [3.8, 4) is 0 Å². The molecule has 1 saturated carbocycles. The highest BCUT2D eigenvalue weighted by Gasteiger charge is 2.37. The maximum atomic E-state index is 3.60. The molecule has 3 unspecified atom stereocenters. The van der Waals surface area contributed by atoms with E-state index in [0.717, 1.165) is 18.0 Å². The van der Waals surface area contributed by atoms with E-state index in [1.165, 1.54) is 58.0 Å². The first-order valence-corrected chi connectivity index (χ1v) is 8.47. The second-order valence-electron chi connectivity index (χ2n) is 7.67. The number of nitrogens with zero attached hydrogens (tertiary/aromatic N) is 1. The van der Waals surface area contributed by atoms with Crippen molar-refractivity contribution in [1.29, 1.82) is 0 Å². The van der Waals surface area contributed by atoms with E-state index in [0.29, 0.717) is 5.41 Å². The van der Waals surface area contributed by atoms with Gasteiger partial charge in [-0.15, -0.1) is 0 Å². The van der Waals surface area contributed by atoms with E-state index in [4.69, 9.17) is 0 Å². The van der Waals surface area contributed by atoms with Crippen molar-refractivity contribution in [2.45, 2.75) is 77.8 Å². The lowest BCUT2D eigenvalue weighted by atomic mass is 9.77. The molecular weight excluding hydrogens is 232 g/mol. The highest BCUT2D eigenvalue weighted by molar-refractivity contribution is 4.93. The van der Waals surface area contributed by atoms with E-state index in [9.17, 15) is 0 Å². The molecule has 1 N–H and O–H groups in total. The Morgan fingerprint density at radius 2 is 2.05 bits per heavy atom. The summed E-state index contributed by atoms with van der Waals surface area (Å²) in [6.45, 7) is 9.85. The predicted octanol–water partition coefficient (Wildman–Crippen LogP) is 3.67.